The van der Waals surface area contributed by atoms with E-state index in [1.807, 2.05) is 24.3 Å². The molecular weight excluding hydrogens is 274 g/mol. The standard InChI is InChI=1S/C19H21NO2/c1-2-5-15(6-3-1)18-13-21-19-16(7-4-8-17(19)22-18)14-9-11-20-12-10-14/h1-8,14,18,20H,9-13H2/p+1. The third-order valence-electron chi connectivity index (χ3n) is 4.71. The lowest BCUT2D eigenvalue weighted by molar-refractivity contribution is -0.663. The molecule has 4 rings (SSSR count). The van der Waals surface area contributed by atoms with Crippen molar-refractivity contribution in [2.75, 3.05) is 19.7 Å². The molecular formula is C19H22NO2+. The molecule has 0 bridgehead atoms. The van der Waals surface area contributed by atoms with Crippen molar-refractivity contribution in [2.45, 2.75) is 24.9 Å². The molecule has 2 heterocycles. The van der Waals surface area contributed by atoms with Gasteiger partial charge in [-0.3, -0.25) is 0 Å². The highest BCUT2D eigenvalue weighted by Crippen LogP contribution is 2.43. The summed E-state index contributed by atoms with van der Waals surface area (Å²) >= 11 is 0. The average molecular weight is 296 g/mol. The zero-order valence-corrected chi connectivity index (χ0v) is 12.7. The summed E-state index contributed by atoms with van der Waals surface area (Å²) in [5.41, 5.74) is 2.50. The van der Waals surface area contributed by atoms with Gasteiger partial charge in [-0.25, -0.2) is 0 Å². The lowest BCUT2D eigenvalue weighted by Crippen LogP contribution is -2.86. The number of para-hydroxylation sites is 1. The van der Waals surface area contributed by atoms with Crippen molar-refractivity contribution < 1.29 is 14.8 Å². The summed E-state index contributed by atoms with van der Waals surface area (Å²) in [5, 5.41) is 2.40. The van der Waals surface area contributed by atoms with Gasteiger partial charge in [0.05, 0.1) is 13.1 Å². The summed E-state index contributed by atoms with van der Waals surface area (Å²) in [6.07, 6.45) is 2.44. The highest BCUT2D eigenvalue weighted by molar-refractivity contribution is 5.49. The van der Waals surface area contributed by atoms with E-state index in [1.54, 1.807) is 0 Å². The highest BCUT2D eigenvalue weighted by Gasteiger charge is 2.28. The van der Waals surface area contributed by atoms with Gasteiger partial charge in [0.2, 0.25) is 0 Å². The van der Waals surface area contributed by atoms with Gasteiger partial charge in [-0.15, -0.1) is 0 Å². The molecule has 2 N–H and O–H groups in total. The van der Waals surface area contributed by atoms with E-state index in [2.05, 4.69) is 29.6 Å². The van der Waals surface area contributed by atoms with E-state index >= 15 is 0 Å². The van der Waals surface area contributed by atoms with Crippen LogP contribution in [0.2, 0.25) is 0 Å². The van der Waals surface area contributed by atoms with Gasteiger partial charge in [0, 0.05) is 18.4 Å². The Hall–Kier alpha value is -2.00. The lowest BCUT2D eigenvalue weighted by atomic mass is 9.89. The van der Waals surface area contributed by atoms with Crippen molar-refractivity contribution in [1.82, 2.24) is 0 Å². The van der Waals surface area contributed by atoms with Crippen LogP contribution >= 0.6 is 0 Å². The van der Waals surface area contributed by atoms with Gasteiger partial charge in [0.1, 0.15) is 6.61 Å². The van der Waals surface area contributed by atoms with Gasteiger partial charge in [0.25, 0.3) is 0 Å². The molecule has 2 aromatic carbocycles. The number of benzene rings is 2. The van der Waals surface area contributed by atoms with E-state index in [0.717, 1.165) is 11.5 Å². The summed E-state index contributed by atoms with van der Waals surface area (Å²) in [5.74, 6) is 2.48. The topological polar surface area (TPSA) is 35.1 Å². The van der Waals surface area contributed by atoms with E-state index in [1.165, 1.54) is 37.1 Å². The van der Waals surface area contributed by atoms with Crippen molar-refractivity contribution in [3.63, 3.8) is 0 Å². The van der Waals surface area contributed by atoms with E-state index in [-0.39, 0.29) is 6.10 Å². The maximum absolute atomic E-state index is 6.22. The van der Waals surface area contributed by atoms with Gasteiger partial charge in [0.15, 0.2) is 17.6 Å². The fraction of sp³-hybridized carbons (Fsp3) is 0.368. The van der Waals surface area contributed by atoms with E-state index < -0.39 is 0 Å². The fourth-order valence-electron chi connectivity index (χ4n) is 3.52. The second kappa shape index (κ2) is 6.01. The molecule has 22 heavy (non-hydrogen) atoms. The van der Waals surface area contributed by atoms with E-state index in [9.17, 15) is 0 Å². The van der Waals surface area contributed by atoms with Crippen molar-refractivity contribution >= 4 is 0 Å². The van der Waals surface area contributed by atoms with Gasteiger partial charge >= 0.3 is 0 Å². The average Bonchev–Trinajstić information content (AvgIpc) is 2.62. The number of rotatable bonds is 2. The summed E-state index contributed by atoms with van der Waals surface area (Å²) in [7, 11) is 0. The molecule has 3 nitrogen and oxygen atoms in total. The molecule has 0 aromatic heterocycles. The summed E-state index contributed by atoms with van der Waals surface area (Å²) in [6, 6.07) is 16.7. The van der Waals surface area contributed by atoms with E-state index in [4.69, 9.17) is 9.47 Å². The molecule has 1 saturated heterocycles. The molecule has 0 spiro atoms. The zero-order chi connectivity index (χ0) is 14.8. The summed E-state index contributed by atoms with van der Waals surface area (Å²) in [4.78, 5) is 0. The SMILES string of the molecule is c1ccc(C2COc3c(cccc3C3CC[NH2+]CC3)O2)cc1. The Labute approximate surface area is 131 Å². The normalized spacial score (nSPS) is 21.5. The molecule has 2 aliphatic rings. The number of hydrogen-bond donors (Lipinski definition) is 1. The molecule has 1 unspecified atom stereocenters. The molecule has 1 fully saturated rings. The van der Waals surface area contributed by atoms with Crippen LogP contribution in [-0.4, -0.2) is 19.7 Å². The number of hydrogen-bond acceptors (Lipinski definition) is 2. The monoisotopic (exact) mass is 296 g/mol. The van der Waals surface area contributed by atoms with E-state index in [0.29, 0.717) is 12.5 Å². The largest absolute Gasteiger partial charge is 0.485 e. The maximum Gasteiger partial charge on any atom is 0.164 e. The van der Waals surface area contributed by atoms with Gasteiger partial charge in [-0.1, -0.05) is 42.5 Å². The third kappa shape index (κ3) is 2.57. The predicted molar refractivity (Wildman–Crippen MR) is 85.4 cm³/mol. The highest BCUT2D eigenvalue weighted by atomic mass is 16.6. The molecule has 3 heteroatoms. The Morgan fingerprint density at radius 3 is 2.55 bits per heavy atom. The van der Waals surface area contributed by atoms with Crippen molar-refractivity contribution in [3.8, 4) is 11.5 Å². The van der Waals surface area contributed by atoms with Crippen molar-refractivity contribution in [2.24, 2.45) is 0 Å². The summed E-state index contributed by atoms with van der Waals surface area (Å²) < 4.78 is 12.4. The number of nitrogens with two attached hydrogens (primary N) is 1. The van der Waals surface area contributed by atoms with Crippen LogP contribution in [-0.2, 0) is 0 Å². The number of ether oxygens (including phenoxy) is 2. The van der Waals surface area contributed by atoms with Crippen LogP contribution in [0.5, 0.6) is 11.5 Å². The second-order valence-electron chi connectivity index (χ2n) is 6.14. The Balaban J connectivity index is 1.61. The van der Waals surface area contributed by atoms with Gasteiger partial charge < -0.3 is 14.8 Å². The minimum Gasteiger partial charge on any atom is -0.485 e. The minimum atomic E-state index is -0.0105. The number of quaternary nitrogens is 1. The summed E-state index contributed by atoms with van der Waals surface area (Å²) in [6.45, 7) is 3.01. The van der Waals surface area contributed by atoms with Crippen molar-refractivity contribution in [3.05, 3.63) is 59.7 Å². The van der Waals surface area contributed by atoms with Gasteiger partial charge in [-0.05, 0) is 17.5 Å². The lowest BCUT2D eigenvalue weighted by Gasteiger charge is -2.30. The van der Waals surface area contributed by atoms with Crippen LogP contribution in [0.1, 0.15) is 36.0 Å². The Kier molecular flexibility index (Phi) is 3.73. The number of fused-ring (bicyclic) bond motifs is 1. The first-order valence-electron chi connectivity index (χ1n) is 8.21. The van der Waals surface area contributed by atoms with Crippen LogP contribution in [0.4, 0.5) is 0 Å². The van der Waals surface area contributed by atoms with Crippen LogP contribution in [0.25, 0.3) is 0 Å². The zero-order valence-electron chi connectivity index (χ0n) is 12.7. The molecule has 0 amide bonds. The van der Waals surface area contributed by atoms with Gasteiger partial charge in [-0.2, -0.15) is 0 Å². The Morgan fingerprint density at radius 2 is 1.73 bits per heavy atom. The smallest absolute Gasteiger partial charge is 0.164 e. The second-order valence-corrected chi connectivity index (χ2v) is 6.14. The first-order valence-corrected chi connectivity index (χ1v) is 8.21. The molecule has 1 atom stereocenters. The van der Waals surface area contributed by atoms with Crippen LogP contribution in [0, 0.1) is 0 Å². The first kappa shape index (κ1) is 13.6. The van der Waals surface area contributed by atoms with Crippen LogP contribution in [0.15, 0.2) is 48.5 Å². The number of piperidine rings is 1. The predicted octanol–water partition coefficient (Wildman–Crippen LogP) is 2.64. The molecule has 2 aromatic rings. The first-order chi connectivity index (χ1) is 10.9. The Morgan fingerprint density at radius 1 is 0.909 bits per heavy atom. The maximum atomic E-state index is 6.22. The molecule has 0 aliphatic carbocycles. The molecule has 0 saturated carbocycles. The van der Waals surface area contributed by atoms with Crippen molar-refractivity contribution in [1.29, 1.82) is 0 Å². The molecule has 2 aliphatic heterocycles. The molecule has 0 radical (unpaired) electrons. The molecule has 114 valence electrons. The fourth-order valence-corrected chi connectivity index (χ4v) is 3.52. The Bertz CT molecular complexity index is 635. The quantitative estimate of drug-likeness (QED) is 0.924. The van der Waals surface area contributed by atoms with Crippen LogP contribution in [0.3, 0.4) is 0 Å². The third-order valence-corrected chi connectivity index (χ3v) is 4.71. The minimum absolute atomic E-state index is 0.0105. The van der Waals surface area contributed by atoms with Crippen LogP contribution < -0.4 is 14.8 Å².